The number of aromatic nitrogens is 4. The van der Waals surface area contributed by atoms with E-state index in [2.05, 4.69) is 45.7 Å². The largest absolute Gasteiger partial charge is 0.354 e. The molecule has 1 fully saturated rings. The molecule has 7 heteroatoms. The Balaban J connectivity index is 1.43. The van der Waals surface area contributed by atoms with E-state index in [1.807, 2.05) is 34.8 Å². The molecule has 6 nitrogen and oxygen atoms in total. The van der Waals surface area contributed by atoms with Gasteiger partial charge >= 0.3 is 0 Å². The molecule has 1 saturated heterocycles. The summed E-state index contributed by atoms with van der Waals surface area (Å²) in [6, 6.07) is 13.8. The number of imidazole rings is 1. The Morgan fingerprint density at radius 3 is 2.68 bits per heavy atom. The van der Waals surface area contributed by atoms with Crippen LogP contribution in [0.5, 0.6) is 0 Å². The zero-order valence-corrected chi connectivity index (χ0v) is 17.4. The summed E-state index contributed by atoms with van der Waals surface area (Å²) >= 11 is 0. The fourth-order valence-corrected chi connectivity index (χ4v) is 4.02. The summed E-state index contributed by atoms with van der Waals surface area (Å²) < 4.78 is 15.3. The molecule has 0 bridgehead atoms. The number of nitrogens with zero attached hydrogens (tertiary/aromatic N) is 6. The monoisotopic (exact) mass is 414 g/mol. The minimum Gasteiger partial charge on any atom is -0.354 e. The maximum Gasteiger partial charge on any atom is 0.154 e. The summed E-state index contributed by atoms with van der Waals surface area (Å²) in [5, 5.41) is 4.78. The van der Waals surface area contributed by atoms with Crippen molar-refractivity contribution in [3.05, 3.63) is 84.7 Å². The highest BCUT2D eigenvalue weighted by atomic mass is 19.1. The maximum absolute atomic E-state index is 13.5. The molecule has 0 amide bonds. The van der Waals surface area contributed by atoms with E-state index < -0.39 is 0 Å². The van der Waals surface area contributed by atoms with E-state index in [4.69, 9.17) is 5.10 Å². The Bertz CT molecular complexity index is 1250. The number of pyridine rings is 1. The van der Waals surface area contributed by atoms with Crippen LogP contribution in [0.4, 0.5) is 15.9 Å². The average Bonchev–Trinajstić information content (AvgIpc) is 3.39. The Morgan fingerprint density at radius 1 is 1.10 bits per heavy atom. The third-order valence-corrected chi connectivity index (χ3v) is 5.62. The van der Waals surface area contributed by atoms with Crippen LogP contribution in [0.1, 0.15) is 18.4 Å². The van der Waals surface area contributed by atoms with Gasteiger partial charge < -0.3 is 9.80 Å². The highest BCUT2D eigenvalue weighted by molar-refractivity contribution is 5.67. The summed E-state index contributed by atoms with van der Waals surface area (Å²) in [7, 11) is 1.92. The van der Waals surface area contributed by atoms with Crippen LogP contribution in [0.3, 0.4) is 0 Å². The lowest BCUT2D eigenvalue weighted by Gasteiger charge is -2.19. The summed E-state index contributed by atoms with van der Waals surface area (Å²) in [6.45, 7) is 5.68. The number of anilines is 2. The minimum absolute atomic E-state index is 0.341. The lowest BCUT2D eigenvalue weighted by atomic mass is 10.1. The van der Waals surface area contributed by atoms with Crippen LogP contribution in [0.15, 0.2) is 73.3 Å². The Kier molecular flexibility index (Phi) is 4.86. The second-order valence-corrected chi connectivity index (χ2v) is 7.84. The molecular formula is C24H23FN6. The number of hydrogen-bond donors (Lipinski definition) is 0. The van der Waals surface area contributed by atoms with Crippen molar-refractivity contribution in [1.82, 2.24) is 19.6 Å². The van der Waals surface area contributed by atoms with Gasteiger partial charge in [0.25, 0.3) is 0 Å². The van der Waals surface area contributed by atoms with Crippen molar-refractivity contribution in [3.63, 3.8) is 0 Å². The van der Waals surface area contributed by atoms with Crippen molar-refractivity contribution in [2.24, 2.45) is 0 Å². The second-order valence-electron chi connectivity index (χ2n) is 7.84. The van der Waals surface area contributed by atoms with Crippen LogP contribution >= 0.6 is 0 Å². The van der Waals surface area contributed by atoms with Gasteiger partial charge in [0.1, 0.15) is 11.6 Å². The number of rotatable bonds is 5. The standard InChI is InChI=1S/C24H23FN6/c1-17-4-3-11-30(17)21-7-5-19(6-8-21)22-15-27-23-9-10-24(28-31(22)23)29(2)16-18-12-20(25)14-26-13-18/h5-10,12-15H,1,3-4,11,16H2,2H3. The van der Waals surface area contributed by atoms with Gasteiger partial charge in [-0.25, -0.2) is 13.9 Å². The van der Waals surface area contributed by atoms with Crippen molar-refractivity contribution in [2.45, 2.75) is 19.4 Å². The Labute approximate surface area is 180 Å². The van der Waals surface area contributed by atoms with E-state index in [1.54, 1.807) is 6.20 Å². The number of fused-ring (bicyclic) bond motifs is 1. The van der Waals surface area contributed by atoms with E-state index in [0.29, 0.717) is 6.54 Å². The van der Waals surface area contributed by atoms with Crippen molar-refractivity contribution >= 4 is 17.2 Å². The first kappa shape index (κ1) is 19.2. The molecular weight excluding hydrogens is 391 g/mol. The van der Waals surface area contributed by atoms with Gasteiger partial charge in [0.15, 0.2) is 5.65 Å². The summed E-state index contributed by atoms with van der Waals surface area (Å²) in [5.74, 6) is 0.424. The molecule has 0 N–H and O–H groups in total. The van der Waals surface area contributed by atoms with Gasteiger partial charge in [-0.15, -0.1) is 5.10 Å². The van der Waals surface area contributed by atoms with Crippen molar-refractivity contribution < 1.29 is 4.39 Å². The van der Waals surface area contributed by atoms with Gasteiger partial charge in [0, 0.05) is 43.3 Å². The topological polar surface area (TPSA) is 49.6 Å². The first-order chi connectivity index (χ1) is 15.1. The second kappa shape index (κ2) is 7.83. The normalized spacial score (nSPS) is 13.9. The zero-order valence-electron chi connectivity index (χ0n) is 17.4. The summed E-state index contributed by atoms with van der Waals surface area (Å²) in [6.07, 6.45) is 6.92. The molecule has 3 aromatic heterocycles. The van der Waals surface area contributed by atoms with Gasteiger partial charge in [-0.2, -0.15) is 0 Å². The number of benzene rings is 1. The van der Waals surface area contributed by atoms with E-state index in [-0.39, 0.29) is 5.82 Å². The third-order valence-electron chi connectivity index (χ3n) is 5.62. The molecule has 1 aromatic carbocycles. The number of hydrogen-bond acceptors (Lipinski definition) is 5. The van der Waals surface area contributed by atoms with E-state index in [9.17, 15) is 4.39 Å². The van der Waals surface area contributed by atoms with Crippen LogP contribution in [0.2, 0.25) is 0 Å². The van der Waals surface area contributed by atoms with E-state index in [1.165, 1.54) is 18.0 Å². The Hall–Kier alpha value is -3.74. The average molecular weight is 414 g/mol. The van der Waals surface area contributed by atoms with Crippen molar-refractivity contribution in [2.75, 3.05) is 23.4 Å². The third kappa shape index (κ3) is 3.74. The lowest BCUT2D eigenvalue weighted by molar-refractivity contribution is 0.618. The summed E-state index contributed by atoms with van der Waals surface area (Å²) in [5.41, 5.74) is 5.86. The molecule has 1 aliphatic heterocycles. The smallest absolute Gasteiger partial charge is 0.154 e. The SMILES string of the molecule is C=C1CCCN1c1ccc(-c2cnc3ccc(N(C)Cc4cncc(F)c4)nn23)cc1. The van der Waals surface area contributed by atoms with Gasteiger partial charge in [-0.05, 0) is 48.7 Å². The highest BCUT2D eigenvalue weighted by Gasteiger charge is 2.17. The molecule has 4 heterocycles. The fourth-order valence-electron chi connectivity index (χ4n) is 4.02. The molecule has 0 saturated carbocycles. The van der Waals surface area contributed by atoms with Gasteiger partial charge in [0.2, 0.25) is 0 Å². The highest BCUT2D eigenvalue weighted by Crippen LogP contribution is 2.30. The number of allylic oxidation sites excluding steroid dienone is 1. The molecule has 0 atom stereocenters. The van der Waals surface area contributed by atoms with Gasteiger partial charge in [0.05, 0.1) is 18.1 Å². The molecule has 0 unspecified atom stereocenters. The quantitative estimate of drug-likeness (QED) is 0.475. The van der Waals surface area contributed by atoms with Gasteiger partial charge in [-0.3, -0.25) is 4.98 Å². The molecule has 1 aliphatic rings. The minimum atomic E-state index is -0.341. The van der Waals surface area contributed by atoms with E-state index in [0.717, 1.165) is 53.4 Å². The first-order valence-electron chi connectivity index (χ1n) is 10.3. The molecule has 0 aliphatic carbocycles. The van der Waals surface area contributed by atoms with Crippen LogP contribution in [-0.2, 0) is 6.54 Å². The lowest BCUT2D eigenvalue weighted by Crippen LogP contribution is -2.19. The molecule has 156 valence electrons. The molecule has 31 heavy (non-hydrogen) atoms. The predicted octanol–water partition coefficient (Wildman–Crippen LogP) is 4.68. The van der Waals surface area contributed by atoms with Crippen LogP contribution in [-0.4, -0.2) is 33.2 Å². The van der Waals surface area contributed by atoms with Crippen molar-refractivity contribution in [3.8, 4) is 11.3 Å². The Morgan fingerprint density at radius 2 is 1.94 bits per heavy atom. The van der Waals surface area contributed by atoms with Crippen LogP contribution in [0.25, 0.3) is 16.9 Å². The fraction of sp³-hybridized carbons (Fsp3) is 0.208. The van der Waals surface area contributed by atoms with Crippen LogP contribution in [0, 0.1) is 5.82 Å². The molecule has 0 radical (unpaired) electrons. The van der Waals surface area contributed by atoms with Crippen LogP contribution < -0.4 is 9.80 Å². The molecule has 0 spiro atoms. The number of halogens is 1. The molecule has 4 aromatic rings. The first-order valence-corrected chi connectivity index (χ1v) is 10.3. The molecule has 5 rings (SSSR count). The van der Waals surface area contributed by atoms with Crippen molar-refractivity contribution in [1.29, 1.82) is 0 Å². The van der Waals surface area contributed by atoms with Gasteiger partial charge in [-0.1, -0.05) is 18.7 Å². The van der Waals surface area contributed by atoms with E-state index >= 15 is 0 Å². The predicted molar refractivity (Wildman–Crippen MR) is 120 cm³/mol. The zero-order chi connectivity index (χ0) is 21.4. The maximum atomic E-state index is 13.5. The summed E-state index contributed by atoms with van der Waals surface area (Å²) in [4.78, 5) is 12.7.